The monoisotopic (exact) mass is 271 g/mol. The number of amides is 1. The van der Waals surface area contributed by atoms with Gasteiger partial charge in [0.15, 0.2) is 0 Å². The minimum atomic E-state index is -1.13. The number of hydrogen-bond acceptors (Lipinski definition) is 4. The van der Waals surface area contributed by atoms with Crippen LogP contribution in [-0.4, -0.2) is 17.0 Å². The molecule has 0 fully saturated rings. The smallest absolute Gasteiger partial charge is 0.371 e. The largest absolute Gasteiger partial charge is 0.475 e. The molecule has 100 valence electrons. The number of furan rings is 2. The molecule has 0 spiro atoms. The van der Waals surface area contributed by atoms with Crippen molar-refractivity contribution in [1.29, 1.82) is 0 Å². The van der Waals surface area contributed by atoms with Gasteiger partial charge in [-0.05, 0) is 30.3 Å². The molecule has 1 amide bonds. The molecule has 6 nitrogen and oxygen atoms in total. The minimum Gasteiger partial charge on any atom is -0.475 e. The van der Waals surface area contributed by atoms with Crippen LogP contribution in [0.25, 0.3) is 11.0 Å². The highest BCUT2D eigenvalue weighted by Gasteiger charge is 2.12. The third-order valence-corrected chi connectivity index (χ3v) is 2.77. The highest BCUT2D eigenvalue weighted by atomic mass is 16.4. The predicted molar refractivity (Wildman–Crippen MR) is 69.8 cm³/mol. The first-order valence-corrected chi connectivity index (χ1v) is 5.74. The molecule has 3 rings (SSSR count). The summed E-state index contributed by atoms with van der Waals surface area (Å²) < 4.78 is 9.97. The predicted octanol–water partition coefficient (Wildman–Crippen LogP) is 2.98. The fourth-order valence-electron chi connectivity index (χ4n) is 1.82. The lowest BCUT2D eigenvalue weighted by Crippen LogP contribution is -2.10. The molecule has 1 aromatic carbocycles. The maximum Gasteiger partial charge on any atom is 0.371 e. The van der Waals surface area contributed by atoms with E-state index in [4.69, 9.17) is 13.9 Å². The molecular formula is C14H9NO5. The molecule has 0 aliphatic carbocycles. The molecule has 0 saturated carbocycles. The van der Waals surface area contributed by atoms with E-state index in [1.165, 1.54) is 18.6 Å². The van der Waals surface area contributed by atoms with Crippen LogP contribution in [0.4, 0.5) is 5.69 Å². The van der Waals surface area contributed by atoms with Crippen LogP contribution in [0.3, 0.4) is 0 Å². The molecule has 3 aromatic rings. The van der Waals surface area contributed by atoms with E-state index in [1.54, 1.807) is 24.3 Å². The maximum absolute atomic E-state index is 11.8. The average Bonchev–Trinajstić information content (AvgIpc) is 3.07. The Hall–Kier alpha value is -3.02. The normalized spacial score (nSPS) is 10.6. The highest BCUT2D eigenvalue weighted by Crippen LogP contribution is 2.23. The summed E-state index contributed by atoms with van der Waals surface area (Å²) in [4.78, 5) is 22.7. The summed E-state index contributed by atoms with van der Waals surface area (Å²) in [7, 11) is 0. The van der Waals surface area contributed by atoms with Crippen molar-refractivity contribution in [2.75, 3.05) is 5.32 Å². The van der Waals surface area contributed by atoms with E-state index < -0.39 is 5.97 Å². The van der Waals surface area contributed by atoms with E-state index in [0.29, 0.717) is 22.2 Å². The summed E-state index contributed by atoms with van der Waals surface area (Å²) in [6.07, 6.45) is 2.75. The van der Waals surface area contributed by atoms with Crippen LogP contribution < -0.4 is 5.32 Å². The van der Waals surface area contributed by atoms with E-state index in [1.807, 2.05) is 0 Å². The van der Waals surface area contributed by atoms with Crippen LogP contribution in [-0.2, 0) is 0 Å². The first-order valence-electron chi connectivity index (χ1n) is 5.74. The molecule has 20 heavy (non-hydrogen) atoms. The lowest BCUT2D eigenvalue weighted by molar-refractivity contribution is 0.0665. The summed E-state index contributed by atoms with van der Waals surface area (Å²) in [5, 5.41) is 12.1. The summed E-state index contributed by atoms with van der Waals surface area (Å²) >= 11 is 0. The quantitative estimate of drug-likeness (QED) is 0.763. The van der Waals surface area contributed by atoms with Crippen molar-refractivity contribution in [3.63, 3.8) is 0 Å². The molecule has 0 bridgehead atoms. The molecule has 0 atom stereocenters. The number of benzene rings is 1. The van der Waals surface area contributed by atoms with Gasteiger partial charge in [0.25, 0.3) is 5.91 Å². The number of carboxylic acids is 1. The molecule has 6 heteroatoms. The molecule has 0 saturated heterocycles. The first kappa shape index (κ1) is 12.0. The van der Waals surface area contributed by atoms with E-state index >= 15 is 0 Å². The SMILES string of the molecule is O=C(Nc1ccc2oc(C(=O)O)cc2c1)c1ccoc1. The first-order chi connectivity index (χ1) is 9.63. The van der Waals surface area contributed by atoms with Crippen molar-refractivity contribution in [3.8, 4) is 0 Å². The van der Waals surface area contributed by atoms with E-state index in [0.717, 1.165) is 0 Å². The fourth-order valence-corrected chi connectivity index (χ4v) is 1.82. The topological polar surface area (TPSA) is 92.7 Å². The van der Waals surface area contributed by atoms with Gasteiger partial charge in [-0.15, -0.1) is 0 Å². The molecule has 2 heterocycles. The van der Waals surface area contributed by atoms with Crippen molar-refractivity contribution in [3.05, 3.63) is 54.2 Å². The Labute approximate surface area is 112 Å². The third-order valence-electron chi connectivity index (χ3n) is 2.77. The second-order valence-electron chi connectivity index (χ2n) is 4.13. The molecule has 2 N–H and O–H groups in total. The molecule has 2 aromatic heterocycles. The Bertz CT molecular complexity index is 785. The fraction of sp³-hybridized carbons (Fsp3) is 0. The number of carbonyl (C=O) groups excluding carboxylic acids is 1. The number of aromatic carboxylic acids is 1. The maximum atomic E-state index is 11.8. The van der Waals surface area contributed by atoms with Gasteiger partial charge in [0, 0.05) is 11.1 Å². The lowest BCUT2D eigenvalue weighted by atomic mass is 10.2. The van der Waals surface area contributed by atoms with Crippen molar-refractivity contribution in [1.82, 2.24) is 0 Å². The van der Waals surface area contributed by atoms with Crippen LogP contribution in [0.5, 0.6) is 0 Å². The summed E-state index contributed by atoms with van der Waals surface area (Å²) in [5.41, 5.74) is 1.40. The Morgan fingerprint density at radius 1 is 1.15 bits per heavy atom. The van der Waals surface area contributed by atoms with Gasteiger partial charge in [0.05, 0.1) is 11.8 Å². The van der Waals surface area contributed by atoms with Crippen molar-refractivity contribution in [2.45, 2.75) is 0 Å². The summed E-state index contributed by atoms with van der Waals surface area (Å²) in [6, 6.07) is 7.84. The molecule has 0 radical (unpaired) electrons. The van der Waals surface area contributed by atoms with Crippen molar-refractivity contribution < 1.29 is 23.5 Å². The van der Waals surface area contributed by atoms with Gasteiger partial charge in [-0.1, -0.05) is 0 Å². The molecular weight excluding hydrogens is 262 g/mol. The Balaban J connectivity index is 1.89. The Morgan fingerprint density at radius 2 is 2.00 bits per heavy atom. The van der Waals surface area contributed by atoms with Gasteiger partial charge in [-0.2, -0.15) is 0 Å². The zero-order valence-electron chi connectivity index (χ0n) is 10.1. The average molecular weight is 271 g/mol. The van der Waals surface area contributed by atoms with Crippen LogP contribution in [0.1, 0.15) is 20.9 Å². The number of anilines is 1. The number of carboxylic acid groups (broad SMARTS) is 1. The van der Waals surface area contributed by atoms with Gasteiger partial charge < -0.3 is 19.3 Å². The van der Waals surface area contributed by atoms with Gasteiger partial charge >= 0.3 is 5.97 Å². The number of nitrogens with one attached hydrogen (secondary N) is 1. The summed E-state index contributed by atoms with van der Waals surface area (Å²) in [6.45, 7) is 0. The number of fused-ring (bicyclic) bond motifs is 1. The zero-order valence-corrected chi connectivity index (χ0v) is 10.1. The molecule has 0 aliphatic rings. The standard InChI is InChI=1S/C14H9NO5/c16-13(8-3-4-19-7-8)15-10-1-2-11-9(5-10)6-12(20-11)14(17)18/h1-7H,(H,15,16)(H,17,18). The second-order valence-corrected chi connectivity index (χ2v) is 4.13. The third kappa shape index (κ3) is 2.14. The Morgan fingerprint density at radius 3 is 2.70 bits per heavy atom. The van der Waals surface area contributed by atoms with Gasteiger partial charge in [-0.3, -0.25) is 4.79 Å². The lowest BCUT2D eigenvalue weighted by Gasteiger charge is -2.02. The molecule has 0 unspecified atom stereocenters. The van der Waals surface area contributed by atoms with E-state index in [2.05, 4.69) is 5.32 Å². The van der Waals surface area contributed by atoms with Gasteiger partial charge in [-0.25, -0.2) is 4.79 Å². The number of hydrogen-bond donors (Lipinski definition) is 2. The van der Waals surface area contributed by atoms with Crippen LogP contribution >= 0.6 is 0 Å². The minimum absolute atomic E-state index is 0.140. The van der Waals surface area contributed by atoms with Gasteiger partial charge in [0.2, 0.25) is 5.76 Å². The van der Waals surface area contributed by atoms with Crippen molar-refractivity contribution in [2.24, 2.45) is 0 Å². The Kier molecular flexibility index (Phi) is 2.76. The molecule has 0 aliphatic heterocycles. The van der Waals surface area contributed by atoms with Crippen LogP contribution in [0.2, 0.25) is 0 Å². The number of carbonyl (C=O) groups is 2. The van der Waals surface area contributed by atoms with Crippen LogP contribution in [0.15, 0.2) is 51.7 Å². The van der Waals surface area contributed by atoms with Crippen molar-refractivity contribution >= 4 is 28.5 Å². The van der Waals surface area contributed by atoms with E-state index in [-0.39, 0.29) is 11.7 Å². The highest BCUT2D eigenvalue weighted by molar-refractivity contribution is 6.05. The zero-order chi connectivity index (χ0) is 14.1. The van der Waals surface area contributed by atoms with E-state index in [9.17, 15) is 9.59 Å². The van der Waals surface area contributed by atoms with Crippen LogP contribution in [0, 0.1) is 0 Å². The second kappa shape index (κ2) is 4.58. The number of rotatable bonds is 3. The van der Waals surface area contributed by atoms with Gasteiger partial charge in [0.1, 0.15) is 11.8 Å². The summed E-state index contributed by atoms with van der Waals surface area (Å²) in [5.74, 6) is -1.58.